The van der Waals surface area contributed by atoms with Crippen LogP contribution in [0.3, 0.4) is 0 Å². The van der Waals surface area contributed by atoms with E-state index < -0.39 is 34.6 Å². The molecule has 40 heavy (non-hydrogen) atoms. The minimum Gasteiger partial charge on any atom is -0.412 e. The molecule has 0 unspecified atom stereocenters. The number of aromatic nitrogens is 3. The van der Waals surface area contributed by atoms with Gasteiger partial charge in [0, 0.05) is 40.9 Å². The SMILES string of the molecule is COn1c(=O)c(-c2cc(NC(=O)c3ccc(C(F)(F)F)cc3F)ccc2Cl)cc2cnc(NCCN(C)C)nc21. The number of fused-ring (bicyclic) bond motifs is 1. The summed E-state index contributed by atoms with van der Waals surface area (Å²) < 4.78 is 53.8. The molecule has 0 aliphatic carbocycles. The maximum absolute atomic E-state index is 14.3. The third kappa shape index (κ3) is 6.15. The number of pyridine rings is 1. The molecular formula is C26H23ClF4N6O3. The van der Waals surface area contributed by atoms with Gasteiger partial charge >= 0.3 is 6.18 Å². The van der Waals surface area contributed by atoms with Gasteiger partial charge in [-0.2, -0.15) is 18.2 Å². The standard InChI is InChI=1S/C26H23ClF4N6O3/c1-36(2)9-8-32-25-33-13-14-10-19(24(39)37(40-3)22(14)35-25)18-12-16(5-7-20(18)27)34-23(38)17-6-4-15(11-21(17)28)26(29,30)31/h4-7,10-13H,8-9H2,1-3H3,(H,34,38)(H,32,33,35). The molecule has 9 nitrogen and oxygen atoms in total. The van der Waals surface area contributed by atoms with Crippen LogP contribution < -0.4 is 21.0 Å². The normalized spacial score (nSPS) is 11.6. The van der Waals surface area contributed by atoms with Gasteiger partial charge in [0.25, 0.3) is 11.5 Å². The molecule has 0 radical (unpaired) electrons. The molecule has 2 aromatic heterocycles. The van der Waals surface area contributed by atoms with Gasteiger partial charge < -0.3 is 20.4 Å². The fraction of sp³-hybridized carbons (Fsp3) is 0.231. The van der Waals surface area contributed by atoms with Crippen molar-refractivity contribution in [2.45, 2.75) is 6.18 Å². The Morgan fingerprint density at radius 3 is 2.52 bits per heavy atom. The van der Waals surface area contributed by atoms with Crippen LogP contribution in [0.1, 0.15) is 15.9 Å². The second-order valence-electron chi connectivity index (χ2n) is 8.88. The first-order valence-corrected chi connectivity index (χ1v) is 12.1. The molecule has 2 heterocycles. The van der Waals surface area contributed by atoms with E-state index in [1.165, 1.54) is 37.6 Å². The average molecular weight is 579 g/mol. The number of alkyl halides is 3. The van der Waals surface area contributed by atoms with Gasteiger partial charge in [-0.05, 0) is 56.6 Å². The first kappa shape index (κ1) is 28.8. The van der Waals surface area contributed by atoms with Crippen molar-refractivity contribution in [1.82, 2.24) is 19.6 Å². The Morgan fingerprint density at radius 2 is 1.88 bits per heavy atom. The number of hydrogen-bond donors (Lipinski definition) is 2. The van der Waals surface area contributed by atoms with Gasteiger partial charge in [-0.1, -0.05) is 11.6 Å². The summed E-state index contributed by atoms with van der Waals surface area (Å²) in [4.78, 5) is 41.9. The molecule has 0 saturated heterocycles. The summed E-state index contributed by atoms with van der Waals surface area (Å²) in [5.41, 5.74) is -1.80. The predicted molar refractivity (Wildman–Crippen MR) is 143 cm³/mol. The lowest BCUT2D eigenvalue weighted by Crippen LogP contribution is -2.28. The van der Waals surface area contributed by atoms with E-state index in [4.69, 9.17) is 16.4 Å². The summed E-state index contributed by atoms with van der Waals surface area (Å²) >= 11 is 6.38. The maximum Gasteiger partial charge on any atom is 0.416 e. The van der Waals surface area contributed by atoms with Crippen LogP contribution in [0.4, 0.5) is 29.2 Å². The van der Waals surface area contributed by atoms with Crippen molar-refractivity contribution in [2.75, 3.05) is 44.9 Å². The zero-order valence-corrected chi connectivity index (χ0v) is 22.2. The van der Waals surface area contributed by atoms with Crippen molar-refractivity contribution in [3.63, 3.8) is 0 Å². The van der Waals surface area contributed by atoms with Crippen LogP contribution in [0.25, 0.3) is 22.2 Å². The van der Waals surface area contributed by atoms with Gasteiger partial charge in [0.1, 0.15) is 12.9 Å². The minimum absolute atomic E-state index is 0.0908. The van der Waals surface area contributed by atoms with Crippen LogP contribution in [0.5, 0.6) is 0 Å². The highest BCUT2D eigenvalue weighted by molar-refractivity contribution is 6.33. The molecule has 4 rings (SSSR count). The molecule has 0 bridgehead atoms. The van der Waals surface area contributed by atoms with E-state index in [2.05, 4.69) is 20.6 Å². The van der Waals surface area contributed by atoms with E-state index in [0.717, 1.165) is 17.3 Å². The second-order valence-corrected chi connectivity index (χ2v) is 9.29. The largest absolute Gasteiger partial charge is 0.416 e. The Hall–Kier alpha value is -4.23. The van der Waals surface area contributed by atoms with Crippen molar-refractivity contribution in [3.05, 3.63) is 81.0 Å². The fourth-order valence-electron chi connectivity index (χ4n) is 3.79. The molecule has 0 aliphatic rings. The molecule has 210 valence electrons. The Balaban J connectivity index is 1.67. The average Bonchev–Trinajstić information content (AvgIpc) is 2.88. The minimum atomic E-state index is -4.76. The van der Waals surface area contributed by atoms with Gasteiger partial charge in [0.15, 0.2) is 5.65 Å². The highest BCUT2D eigenvalue weighted by Crippen LogP contribution is 2.32. The predicted octanol–water partition coefficient (Wildman–Crippen LogP) is 4.55. The van der Waals surface area contributed by atoms with Crippen molar-refractivity contribution in [2.24, 2.45) is 0 Å². The number of nitrogens with one attached hydrogen (secondary N) is 2. The van der Waals surface area contributed by atoms with Crippen molar-refractivity contribution >= 4 is 40.2 Å². The monoisotopic (exact) mass is 578 g/mol. The summed E-state index contributed by atoms with van der Waals surface area (Å²) in [6.07, 6.45) is -3.25. The number of amides is 1. The van der Waals surface area contributed by atoms with E-state index >= 15 is 0 Å². The first-order valence-electron chi connectivity index (χ1n) is 11.7. The van der Waals surface area contributed by atoms with Gasteiger partial charge in [-0.15, -0.1) is 4.73 Å². The summed E-state index contributed by atoms with van der Waals surface area (Å²) in [6, 6.07) is 7.30. The summed E-state index contributed by atoms with van der Waals surface area (Å²) in [5, 5.41) is 6.09. The number of halogens is 5. The number of carbonyl (C=O) groups excluding carboxylic acids is 1. The zero-order valence-electron chi connectivity index (χ0n) is 21.4. The zero-order chi connectivity index (χ0) is 29.2. The van der Waals surface area contributed by atoms with Crippen molar-refractivity contribution in [1.29, 1.82) is 0 Å². The van der Waals surface area contributed by atoms with Gasteiger partial charge in [0.2, 0.25) is 5.95 Å². The number of rotatable bonds is 8. The van der Waals surface area contributed by atoms with Crippen LogP contribution in [0, 0.1) is 5.82 Å². The number of benzene rings is 2. The number of nitrogens with zero attached hydrogens (tertiary/aromatic N) is 4. The first-order chi connectivity index (χ1) is 18.9. The molecule has 0 aliphatic heterocycles. The molecule has 0 spiro atoms. The van der Waals surface area contributed by atoms with Crippen molar-refractivity contribution in [3.8, 4) is 11.1 Å². The Labute approximate surface area is 230 Å². The van der Waals surface area contributed by atoms with Crippen LogP contribution in [0.15, 0.2) is 53.5 Å². The Kier molecular flexibility index (Phi) is 8.26. The Bertz CT molecular complexity index is 1640. The molecule has 1 amide bonds. The fourth-order valence-corrected chi connectivity index (χ4v) is 4.01. The molecule has 0 saturated carbocycles. The molecular weight excluding hydrogens is 556 g/mol. The van der Waals surface area contributed by atoms with Gasteiger partial charge in [0.05, 0.1) is 16.7 Å². The topological polar surface area (TPSA) is 101 Å². The summed E-state index contributed by atoms with van der Waals surface area (Å²) in [5.74, 6) is -2.03. The van der Waals surface area contributed by atoms with Crippen LogP contribution in [0.2, 0.25) is 5.02 Å². The molecule has 4 aromatic rings. The third-order valence-electron chi connectivity index (χ3n) is 5.78. The summed E-state index contributed by atoms with van der Waals surface area (Å²) in [6.45, 7) is 1.30. The van der Waals surface area contributed by atoms with Gasteiger partial charge in [-0.3, -0.25) is 9.59 Å². The van der Waals surface area contributed by atoms with E-state index in [1.54, 1.807) is 0 Å². The lowest BCUT2D eigenvalue weighted by Gasteiger charge is -2.14. The quantitative estimate of drug-likeness (QED) is 0.296. The molecule has 2 aromatic carbocycles. The van der Waals surface area contributed by atoms with Crippen LogP contribution in [-0.2, 0) is 6.18 Å². The molecule has 0 fully saturated rings. The highest BCUT2D eigenvalue weighted by Gasteiger charge is 2.31. The number of anilines is 2. The number of likely N-dealkylation sites (N-methyl/N-ethyl adjacent to an activating group) is 1. The molecule has 2 N–H and O–H groups in total. The Morgan fingerprint density at radius 1 is 1.12 bits per heavy atom. The number of carbonyl (C=O) groups is 1. The lowest BCUT2D eigenvalue weighted by molar-refractivity contribution is -0.137. The maximum atomic E-state index is 14.3. The third-order valence-corrected chi connectivity index (χ3v) is 6.11. The molecule has 14 heteroatoms. The van der Waals surface area contributed by atoms with E-state index in [-0.39, 0.29) is 33.6 Å². The second kappa shape index (κ2) is 11.5. The van der Waals surface area contributed by atoms with E-state index in [9.17, 15) is 27.2 Å². The van der Waals surface area contributed by atoms with Gasteiger partial charge in [-0.25, -0.2) is 9.37 Å². The van der Waals surface area contributed by atoms with Crippen molar-refractivity contribution < 1.29 is 27.2 Å². The van der Waals surface area contributed by atoms with Crippen LogP contribution in [-0.4, -0.2) is 59.8 Å². The number of hydrogen-bond acceptors (Lipinski definition) is 7. The van der Waals surface area contributed by atoms with E-state index in [1.807, 2.05) is 19.0 Å². The molecule has 0 atom stereocenters. The summed E-state index contributed by atoms with van der Waals surface area (Å²) in [7, 11) is 5.14. The highest BCUT2D eigenvalue weighted by atomic mass is 35.5. The smallest absolute Gasteiger partial charge is 0.412 e. The lowest BCUT2D eigenvalue weighted by atomic mass is 10.0. The van der Waals surface area contributed by atoms with Crippen LogP contribution >= 0.6 is 11.6 Å². The van der Waals surface area contributed by atoms with E-state index in [0.29, 0.717) is 23.9 Å².